The zero-order valence-electron chi connectivity index (χ0n) is 16.7. The molecule has 0 radical (unpaired) electrons. The number of nitrogens with zero attached hydrogens (tertiary/aromatic N) is 3. The molecule has 158 valence electrons. The molecule has 0 aliphatic carbocycles. The van der Waals surface area contributed by atoms with Crippen LogP contribution in [0.3, 0.4) is 0 Å². The normalized spacial score (nSPS) is 19.9. The SMILES string of the molecule is C[C@H]1CO[C@@H]2Cn3cc(C(=O)NCc4cnc5ccccc5c4)c(=O)c(O)c3C(=O)N12. The highest BCUT2D eigenvalue weighted by Crippen LogP contribution is 2.29. The van der Waals surface area contributed by atoms with Crippen LogP contribution in [0.15, 0.2) is 47.5 Å². The van der Waals surface area contributed by atoms with Crippen LogP contribution < -0.4 is 10.7 Å². The first-order chi connectivity index (χ1) is 14.9. The fourth-order valence-electron chi connectivity index (χ4n) is 4.13. The van der Waals surface area contributed by atoms with Gasteiger partial charge in [-0.15, -0.1) is 0 Å². The molecule has 2 amide bonds. The molecule has 2 aliphatic rings. The van der Waals surface area contributed by atoms with Crippen LogP contribution in [0.5, 0.6) is 5.75 Å². The molecule has 2 aliphatic heterocycles. The predicted octanol–water partition coefficient (Wildman–Crippen LogP) is 1.23. The standard InChI is InChI=1S/C22H20N4O5/c1-12-11-31-17-10-25-9-15(19(27)20(28)18(25)22(30)26(12)17)21(29)24-8-13-6-14-4-2-3-5-16(14)23-7-13/h2-7,9,12,17,28H,8,10-11H2,1H3,(H,24,29)/t12-,17+/m0/s1. The Morgan fingerprint density at radius 2 is 2.13 bits per heavy atom. The molecule has 9 nitrogen and oxygen atoms in total. The highest BCUT2D eigenvalue weighted by Gasteiger charge is 2.42. The van der Waals surface area contributed by atoms with Gasteiger partial charge in [-0.3, -0.25) is 19.4 Å². The Bertz CT molecular complexity index is 1280. The third-order valence-corrected chi connectivity index (χ3v) is 5.71. The summed E-state index contributed by atoms with van der Waals surface area (Å²) >= 11 is 0. The predicted molar refractivity (Wildman–Crippen MR) is 111 cm³/mol. The Hall–Kier alpha value is -3.72. The van der Waals surface area contributed by atoms with Crippen LogP contribution in [-0.4, -0.2) is 50.2 Å². The van der Waals surface area contributed by atoms with Gasteiger partial charge in [0, 0.05) is 24.3 Å². The lowest BCUT2D eigenvalue weighted by atomic mass is 10.1. The summed E-state index contributed by atoms with van der Waals surface area (Å²) in [5, 5.41) is 14.1. The van der Waals surface area contributed by atoms with E-state index < -0.39 is 29.2 Å². The van der Waals surface area contributed by atoms with E-state index in [1.165, 1.54) is 15.7 Å². The Labute approximate surface area is 176 Å². The van der Waals surface area contributed by atoms with Gasteiger partial charge in [0.25, 0.3) is 11.8 Å². The summed E-state index contributed by atoms with van der Waals surface area (Å²) in [5.41, 5.74) is 0.391. The molecule has 0 unspecified atom stereocenters. The Balaban J connectivity index is 1.41. The lowest BCUT2D eigenvalue weighted by Crippen LogP contribution is -2.49. The number of fused-ring (bicyclic) bond motifs is 3. The van der Waals surface area contributed by atoms with E-state index in [1.807, 2.05) is 37.3 Å². The molecule has 0 spiro atoms. The van der Waals surface area contributed by atoms with Crippen LogP contribution in [0.1, 0.15) is 33.3 Å². The second-order valence-corrected chi connectivity index (χ2v) is 7.79. The fraction of sp³-hybridized carbons (Fsp3) is 0.273. The second kappa shape index (κ2) is 7.21. The minimum Gasteiger partial charge on any atom is -0.503 e. The fourth-order valence-corrected chi connectivity index (χ4v) is 4.13. The summed E-state index contributed by atoms with van der Waals surface area (Å²) in [6.45, 7) is 2.61. The van der Waals surface area contributed by atoms with Crippen LogP contribution in [0, 0.1) is 0 Å². The van der Waals surface area contributed by atoms with E-state index in [9.17, 15) is 19.5 Å². The van der Waals surface area contributed by atoms with Crippen molar-refractivity contribution in [2.75, 3.05) is 6.61 Å². The van der Waals surface area contributed by atoms with Gasteiger partial charge < -0.3 is 24.6 Å². The number of carbonyl (C=O) groups excluding carboxylic acids is 2. The highest BCUT2D eigenvalue weighted by molar-refractivity contribution is 5.99. The van der Waals surface area contributed by atoms with E-state index in [0.717, 1.165) is 16.5 Å². The van der Waals surface area contributed by atoms with Gasteiger partial charge in [-0.25, -0.2) is 0 Å². The van der Waals surface area contributed by atoms with Gasteiger partial charge >= 0.3 is 0 Å². The molecule has 5 rings (SSSR count). The van der Waals surface area contributed by atoms with E-state index in [2.05, 4.69) is 10.3 Å². The van der Waals surface area contributed by atoms with Gasteiger partial charge in [-0.2, -0.15) is 0 Å². The van der Waals surface area contributed by atoms with Crippen molar-refractivity contribution >= 4 is 22.7 Å². The maximum Gasteiger partial charge on any atom is 0.276 e. The molecule has 1 aromatic carbocycles. The zero-order valence-corrected chi connectivity index (χ0v) is 16.7. The van der Waals surface area contributed by atoms with Crippen LogP contribution in [0.2, 0.25) is 0 Å². The second-order valence-electron chi connectivity index (χ2n) is 7.79. The number of rotatable bonds is 3. The third-order valence-electron chi connectivity index (χ3n) is 5.71. The average Bonchev–Trinajstić information content (AvgIpc) is 3.15. The first-order valence-corrected chi connectivity index (χ1v) is 9.96. The quantitative estimate of drug-likeness (QED) is 0.659. The topological polar surface area (TPSA) is 114 Å². The van der Waals surface area contributed by atoms with E-state index in [-0.39, 0.29) is 30.4 Å². The summed E-state index contributed by atoms with van der Waals surface area (Å²) in [7, 11) is 0. The van der Waals surface area contributed by atoms with E-state index in [4.69, 9.17) is 4.74 Å². The molecule has 0 bridgehead atoms. The van der Waals surface area contributed by atoms with Crippen molar-refractivity contribution in [3.05, 3.63) is 69.8 Å². The van der Waals surface area contributed by atoms with Crippen molar-refractivity contribution in [3.8, 4) is 5.75 Å². The molecule has 2 N–H and O–H groups in total. The van der Waals surface area contributed by atoms with E-state index in [1.54, 1.807) is 6.20 Å². The van der Waals surface area contributed by atoms with E-state index in [0.29, 0.717) is 6.61 Å². The third kappa shape index (κ3) is 3.14. The van der Waals surface area contributed by atoms with Gasteiger partial charge in [-0.05, 0) is 24.6 Å². The Morgan fingerprint density at radius 1 is 1.32 bits per heavy atom. The number of para-hydroxylation sites is 1. The van der Waals surface area contributed by atoms with Crippen LogP contribution >= 0.6 is 0 Å². The molecule has 2 aromatic heterocycles. The van der Waals surface area contributed by atoms with Crippen molar-refractivity contribution in [1.29, 1.82) is 0 Å². The Kier molecular flexibility index (Phi) is 4.48. The minimum absolute atomic E-state index is 0.117. The highest BCUT2D eigenvalue weighted by atomic mass is 16.5. The number of aromatic nitrogens is 2. The maximum absolute atomic E-state index is 12.8. The van der Waals surface area contributed by atoms with Crippen molar-refractivity contribution < 1.29 is 19.4 Å². The first-order valence-electron chi connectivity index (χ1n) is 9.96. The number of hydrogen-bond acceptors (Lipinski definition) is 6. The number of carbonyl (C=O) groups is 2. The molecule has 4 heterocycles. The summed E-state index contributed by atoms with van der Waals surface area (Å²) in [4.78, 5) is 44.0. The number of nitrogens with one attached hydrogen (secondary N) is 1. The number of amides is 2. The smallest absolute Gasteiger partial charge is 0.276 e. The molecular formula is C22H20N4O5. The van der Waals surface area contributed by atoms with Gasteiger partial charge in [0.15, 0.2) is 17.7 Å². The zero-order chi connectivity index (χ0) is 21.7. The number of hydrogen-bond donors (Lipinski definition) is 2. The number of pyridine rings is 2. The summed E-state index contributed by atoms with van der Waals surface area (Å²) in [6, 6.07) is 9.37. The van der Waals surface area contributed by atoms with Gasteiger partial charge in [0.05, 0.1) is 24.7 Å². The molecule has 9 heteroatoms. The lowest BCUT2D eigenvalue weighted by Gasteiger charge is -2.33. The molecule has 0 saturated carbocycles. The van der Waals surface area contributed by atoms with Gasteiger partial charge in [0.1, 0.15) is 5.56 Å². The molecule has 31 heavy (non-hydrogen) atoms. The van der Waals surface area contributed by atoms with Gasteiger partial charge in [0.2, 0.25) is 5.43 Å². The monoisotopic (exact) mass is 420 g/mol. The molecule has 2 atom stereocenters. The van der Waals surface area contributed by atoms with E-state index >= 15 is 0 Å². The summed E-state index contributed by atoms with van der Waals surface area (Å²) < 4.78 is 7.05. The van der Waals surface area contributed by atoms with Gasteiger partial charge in [-0.1, -0.05) is 18.2 Å². The molecule has 3 aromatic rings. The van der Waals surface area contributed by atoms with Crippen LogP contribution in [-0.2, 0) is 17.8 Å². The average molecular weight is 420 g/mol. The summed E-state index contributed by atoms with van der Waals surface area (Å²) in [6.07, 6.45) is 2.48. The molecule has 1 fully saturated rings. The number of ether oxygens (including phenoxy) is 1. The van der Waals surface area contributed by atoms with Crippen LogP contribution in [0.4, 0.5) is 0 Å². The minimum atomic E-state index is -0.875. The number of benzene rings is 1. The largest absolute Gasteiger partial charge is 0.503 e. The molecular weight excluding hydrogens is 400 g/mol. The lowest BCUT2D eigenvalue weighted by molar-refractivity contribution is 0.00624. The van der Waals surface area contributed by atoms with Crippen molar-refractivity contribution in [3.63, 3.8) is 0 Å². The number of aromatic hydroxyl groups is 1. The first kappa shape index (κ1) is 19.3. The summed E-state index contributed by atoms with van der Waals surface area (Å²) in [5.74, 6) is -1.84. The Morgan fingerprint density at radius 3 is 2.97 bits per heavy atom. The van der Waals surface area contributed by atoms with Crippen molar-refractivity contribution in [1.82, 2.24) is 19.8 Å². The van der Waals surface area contributed by atoms with Crippen LogP contribution in [0.25, 0.3) is 10.9 Å². The van der Waals surface area contributed by atoms with Crippen molar-refractivity contribution in [2.45, 2.75) is 32.3 Å². The molecule has 1 saturated heterocycles. The maximum atomic E-state index is 12.8. The van der Waals surface area contributed by atoms with Crippen molar-refractivity contribution in [2.24, 2.45) is 0 Å².